The van der Waals surface area contributed by atoms with Crippen molar-refractivity contribution in [2.75, 3.05) is 19.8 Å². The Morgan fingerprint density at radius 3 is 2.47 bits per heavy atom. The van der Waals surface area contributed by atoms with E-state index in [-0.39, 0.29) is 16.5 Å². The number of rotatable bonds is 4. The molecule has 1 unspecified atom stereocenters. The van der Waals surface area contributed by atoms with E-state index in [1.807, 2.05) is 0 Å². The highest BCUT2D eigenvalue weighted by Gasteiger charge is 2.24. The van der Waals surface area contributed by atoms with Gasteiger partial charge in [0.25, 0.3) is 0 Å². The van der Waals surface area contributed by atoms with Gasteiger partial charge in [-0.25, -0.2) is 8.42 Å². The number of amides is 1. The highest BCUT2D eigenvalue weighted by atomic mass is 35.5. The highest BCUT2D eigenvalue weighted by Crippen LogP contribution is 2.22. The Morgan fingerprint density at radius 1 is 1.42 bits per heavy atom. The zero-order chi connectivity index (χ0) is 14.8. The Hall–Kier alpha value is -1.31. The number of likely N-dealkylation sites (N-methyl/N-ethyl adjacent to an activating group) is 1. The Bertz CT molecular complexity index is 587. The highest BCUT2D eigenvalue weighted by molar-refractivity contribution is 7.89. The summed E-state index contributed by atoms with van der Waals surface area (Å²) in [6.45, 7) is 1.46. The van der Waals surface area contributed by atoms with E-state index in [4.69, 9.17) is 17.3 Å². The largest absolute Gasteiger partial charge is 0.398 e. The number of nitrogens with one attached hydrogen (secondary N) is 1. The van der Waals surface area contributed by atoms with E-state index < -0.39 is 16.1 Å². The van der Waals surface area contributed by atoms with Gasteiger partial charge in [-0.2, -0.15) is 4.72 Å². The van der Waals surface area contributed by atoms with E-state index in [2.05, 4.69) is 4.72 Å². The van der Waals surface area contributed by atoms with Crippen LogP contribution in [-0.4, -0.2) is 39.4 Å². The van der Waals surface area contributed by atoms with Crippen LogP contribution in [0.15, 0.2) is 23.1 Å². The number of nitrogens with two attached hydrogens (primary N) is 1. The van der Waals surface area contributed by atoms with Gasteiger partial charge in [-0.1, -0.05) is 11.6 Å². The topological polar surface area (TPSA) is 92.5 Å². The normalized spacial score (nSPS) is 13.1. The molecule has 6 nitrogen and oxygen atoms in total. The minimum absolute atomic E-state index is 0.0319. The summed E-state index contributed by atoms with van der Waals surface area (Å²) in [4.78, 5) is 12.8. The van der Waals surface area contributed by atoms with Crippen molar-refractivity contribution in [1.29, 1.82) is 0 Å². The van der Waals surface area contributed by atoms with E-state index in [0.717, 1.165) is 0 Å². The molecule has 0 aliphatic rings. The van der Waals surface area contributed by atoms with Crippen LogP contribution in [0.25, 0.3) is 0 Å². The molecular formula is C11H16ClN3O3S. The van der Waals surface area contributed by atoms with Crippen molar-refractivity contribution in [3.05, 3.63) is 23.2 Å². The molecule has 1 aromatic carbocycles. The third kappa shape index (κ3) is 3.82. The average Bonchev–Trinajstić information content (AvgIpc) is 2.26. The SMILES string of the molecule is CC(NS(=O)(=O)c1ccc(Cl)cc1N)C(=O)N(C)C. The Labute approximate surface area is 117 Å². The maximum absolute atomic E-state index is 12.1. The van der Waals surface area contributed by atoms with Crippen LogP contribution in [0.4, 0.5) is 5.69 Å². The predicted molar refractivity (Wildman–Crippen MR) is 74.3 cm³/mol. The van der Waals surface area contributed by atoms with Gasteiger partial charge in [-0.15, -0.1) is 0 Å². The molecule has 0 radical (unpaired) electrons. The molecule has 8 heteroatoms. The molecule has 1 amide bonds. The summed E-state index contributed by atoms with van der Waals surface area (Å²) in [6.07, 6.45) is 0. The number of halogens is 1. The van der Waals surface area contributed by atoms with Crippen LogP contribution >= 0.6 is 11.6 Å². The second-order valence-corrected chi connectivity index (χ2v) is 6.38. The van der Waals surface area contributed by atoms with E-state index in [9.17, 15) is 13.2 Å². The molecule has 0 fully saturated rings. The van der Waals surface area contributed by atoms with E-state index >= 15 is 0 Å². The molecule has 0 saturated heterocycles. The van der Waals surface area contributed by atoms with Crippen molar-refractivity contribution in [2.24, 2.45) is 0 Å². The monoisotopic (exact) mass is 305 g/mol. The van der Waals surface area contributed by atoms with Gasteiger partial charge in [0.2, 0.25) is 15.9 Å². The molecule has 0 heterocycles. The lowest BCUT2D eigenvalue weighted by atomic mass is 10.3. The fraction of sp³-hybridized carbons (Fsp3) is 0.364. The second kappa shape index (κ2) is 5.77. The zero-order valence-electron chi connectivity index (χ0n) is 10.8. The maximum atomic E-state index is 12.1. The van der Waals surface area contributed by atoms with Crippen LogP contribution in [0, 0.1) is 0 Å². The number of benzene rings is 1. The van der Waals surface area contributed by atoms with Crippen molar-refractivity contribution < 1.29 is 13.2 Å². The fourth-order valence-corrected chi connectivity index (χ4v) is 2.99. The minimum atomic E-state index is -3.87. The van der Waals surface area contributed by atoms with Gasteiger partial charge in [0.15, 0.2) is 0 Å². The third-order valence-electron chi connectivity index (χ3n) is 2.40. The standard InChI is InChI=1S/C11H16ClN3O3S/c1-7(11(16)15(2)3)14-19(17,18)10-5-4-8(12)6-9(10)13/h4-7,14H,13H2,1-3H3. The molecule has 0 bridgehead atoms. The van der Waals surface area contributed by atoms with Gasteiger partial charge in [0.1, 0.15) is 4.90 Å². The minimum Gasteiger partial charge on any atom is -0.398 e. The lowest BCUT2D eigenvalue weighted by Gasteiger charge is -2.18. The summed E-state index contributed by atoms with van der Waals surface area (Å²) in [5.41, 5.74) is 5.65. The first-order valence-electron chi connectivity index (χ1n) is 5.43. The van der Waals surface area contributed by atoms with Crippen LogP contribution in [0.5, 0.6) is 0 Å². The molecule has 106 valence electrons. The lowest BCUT2D eigenvalue weighted by molar-refractivity contribution is -0.130. The van der Waals surface area contributed by atoms with E-state index in [0.29, 0.717) is 5.02 Å². The number of anilines is 1. The molecular weight excluding hydrogens is 290 g/mol. The molecule has 19 heavy (non-hydrogen) atoms. The molecule has 1 aromatic rings. The predicted octanol–water partition coefficient (Wildman–Crippen LogP) is 0.677. The fourth-order valence-electron chi connectivity index (χ4n) is 1.50. The second-order valence-electron chi connectivity index (χ2n) is 4.26. The van der Waals surface area contributed by atoms with Crippen molar-refractivity contribution in [2.45, 2.75) is 17.9 Å². The smallest absolute Gasteiger partial charge is 0.243 e. The molecule has 1 atom stereocenters. The molecule has 0 aliphatic carbocycles. The first-order chi connectivity index (χ1) is 8.65. The van der Waals surface area contributed by atoms with Crippen LogP contribution in [0.1, 0.15) is 6.92 Å². The first-order valence-corrected chi connectivity index (χ1v) is 7.30. The molecule has 0 aliphatic heterocycles. The summed E-state index contributed by atoms with van der Waals surface area (Å²) in [5, 5.41) is 0.342. The van der Waals surface area contributed by atoms with E-state index in [1.54, 1.807) is 14.1 Å². The third-order valence-corrected chi connectivity index (χ3v) is 4.25. The Kier molecular flexibility index (Phi) is 4.78. The molecule has 1 rings (SSSR count). The van der Waals surface area contributed by atoms with Crippen LogP contribution < -0.4 is 10.5 Å². The number of hydrogen-bond donors (Lipinski definition) is 2. The number of carbonyl (C=O) groups excluding carboxylic acids is 1. The van der Waals surface area contributed by atoms with Crippen molar-refractivity contribution in [1.82, 2.24) is 9.62 Å². The van der Waals surface area contributed by atoms with Gasteiger partial charge in [0.05, 0.1) is 11.7 Å². The summed E-state index contributed by atoms with van der Waals surface area (Å²) in [6, 6.07) is 3.18. The van der Waals surface area contributed by atoms with Gasteiger partial charge in [-0.3, -0.25) is 4.79 Å². The lowest BCUT2D eigenvalue weighted by Crippen LogP contribution is -2.44. The van der Waals surface area contributed by atoms with Gasteiger partial charge in [-0.05, 0) is 25.1 Å². The maximum Gasteiger partial charge on any atom is 0.243 e. The van der Waals surface area contributed by atoms with Gasteiger partial charge in [0, 0.05) is 19.1 Å². The number of sulfonamides is 1. The van der Waals surface area contributed by atoms with Crippen LogP contribution in [-0.2, 0) is 14.8 Å². The number of carbonyl (C=O) groups is 1. The molecule has 0 spiro atoms. The number of nitrogens with zero attached hydrogens (tertiary/aromatic N) is 1. The molecule has 0 aromatic heterocycles. The first kappa shape index (κ1) is 15.7. The summed E-state index contributed by atoms with van der Waals surface area (Å²) in [5.74, 6) is -0.351. The summed E-state index contributed by atoms with van der Waals surface area (Å²) in [7, 11) is -0.776. The van der Waals surface area contributed by atoms with Gasteiger partial charge < -0.3 is 10.6 Å². The Balaban J connectivity index is 3.02. The van der Waals surface area contributed by atoms with Crippen LogP contribution in [0.3, 0.4) is 0 Å². The van der Waals surface area contributed by atoms with Crippen molar-refractivity contribution >= 4 is 33.2 Å². The molecule has 3 N–H and O–H groups in total. The quantitative estimate of drug-likeness (QED) is 0.800. The number of nitrogen functional groups attached to an aromatic ring is 1. The average molecular weight is 306 g/mol. The van der Waals surface area contributed by atoms with Crippen molar-refractivity contribution in [3.63, 3.8) is 0 Å². The summed E-state index contributed by atoms with van der Waals surface area (Å²) >= 11 is 5.71. The van der Waals surface area contributed by atoms with E-state index in [1.165, 1.54) is 30.0 Å². The van der Waals surface area contributed by atoms with Crippen LogP contribution in [0.2, 0.25) is 5.02 Å². The zero-order valence-corrected chi connectivity index (χ0v) is 12.4. The summed E-state index contributed by atoms with van der Waals surface area (Å²) < 4.78 is 26.5. The molecule has 0 saturated carbocycles. The van der Waals surface area contributed by atoms with Gasteiger partial charge >= 0.3 is 0 Å². The number of hydrogen-bond acceptors (Lipinski definition) is 4. The Morgan fingerprint density at radius 2 is 2.00 bits per heavy atom. The van der Waals surface area contributed by atoms with Crippen molar-refractivity contribution in [3.8, 4) is 0 Å².